The van der Waals surface area contributed by atoms with E-state index in [1.54, 1.807) is 11.0 Å². The molecule has 3 rings (SSSR count). The highest BCUT2D eigenvalue weighted by Crippen LogP contribution is 2.39. The number of halogens is 1. The molecule has 1 aromatic rings. The van der Waals surface area contributed by atoms with Crippen molar-refractivity contribution in [2.24, 2.45) is 0 Å². The Bertz CT molecular complexity index is 806. The molecule has 5 nitrogen and oxygen atoms in total. The van der Waals surface area contributed by atoms with Crippen LogP contribution in [0.3, 0.4) is 0 Å². The first-order valence-electron chi connectivity index (χ1n) is 9.10. The number of thiocarbonyl (C=S) groups is 1. The minimum absolute atomic E-state index is 0.0712. The monoisotopic (exact) mass is 483 g/mol. The number of nitrogens with zero attached hydrogens (tertiary/aromatic N) is 1. The fourth-order valence-corrected chi connectivity index (χ4v) is 4.87. The topological polar surface area (TPSA) is 48.0 Å². The molecule has 0 radical (unpaired) electrons. The lowest BCUT2D eigenvalue weighted by Crippen LogP contribution is -2.35. The molecule has 2 saturated heterocycles. The van der Waals surface area contributed by atoms with Crippen LogP contribution in [0.1, 0.15) is 25.3 Å². The van der Waals surface area contributed by atoms with Crippen LogP contribution in [-0.2, 0) is 9.53 Å². The smallest absolute Gasteiger partial charge is 0.266 e. The van der Waals surface area contributed by atoms with Gasteiger partial charge >= 0.3 is 0 Å². The Balaban J connectivity index is 1.82. The first-order chi connectivity index (χ1) is 13.5. The van der Waals surface area contributed by atoms with Crippen LogP contribution >= 0.6 is 39.9 Å². The van der Waals surface area contributed by atoms with Gasteiger partial charge in [0.2, 0.25) is 0 Å². The van der Waals surface area contributed by atoms with Gasteiger partial charge in [0.1, 0.15) is 10.9 Å². The number of ether oxygens (including phenoxy) is 3. The molecular weight excluding hydrogens is 462 g/mol. The average Bonchev–Trinajstić information content (AvgIpc) is 3.26. The van der Waals surface area contributed by atoms with E-state index in [4.69, 9.17) is 26.4 Å². The van der Waals surface area contributed by atoms with Gasteiger partial charge in [-0.2, -0.15) is 0 Å². The average molecular weight is 484 g/mol. The molecule has 0 aliphatic carbocycles. The van der Waals surface area contributed by atoms with Gasteiger partial charge in [0.25, 0.3) is 5.91 Å². The normalized spacial score (nSPS) is 20.9. The Morgan fingerprint density at radius 3 is 2.96 bits per heavy atom. The summed E-state index contributed by atoms with van der Waals surface area (Å²) in [5.74, 6) is 1.15. The summed E-state index contributed by atoms with van der Waals surface area (Å²) in [6.45, 7) is 7.73. The first-order valence-corrected chi connectivity index (χ1v) is 11.1. The summed E-state index contributed by atoms with van der Waals surface area (Å²) in [6.07, 6.45) is 5.58. The SMILES string of the molecule is C=CCOc1c(Br)cc(/C=C2\SC(=S)N(C[C@@H]3CCCO3)C2=O)cc1OCC. The van der Waals surface area contributed by atoms with Crippen LogP contribution < -0.4 is 9.47 Å². The maximum Gasteiger partial charge on any atom is 0.266 e. The van der Waals surface area contributed by atoms with Gasteiger partial charge in [0.15, 0.2) is 11.5 Å². The number of hydrogen-bond acceptors (Lipinski definition) is 6. The summed E-state index contributed by atoms with van der Waals surface area (Å²) in [5, 5.41) is 0. The van der Waals surface area contributed by atoms with E-state index in [9.17, 15) is 4.79 Å². The van der Waals surface area contributed by atoms with Gasteiger partial charge in [0, 0.05) is 6.61 Å². The molecule has 150 valence electrons. The van der Waals surface area contributed by atoms with E-state index in [2.05, 4.69) is 22.5 Å². The van der Waals surface area contributed by atoms with Gasteiger partial charge in [-0.25, -0.2) is 0 Å². The van der Waals surface area contributed by atoms with Crippen LogP contribution in [0.2, 0.25) is 0 Å². The van der Waals surface area contributed by atoms with Crippen LogP contribution in [0.5, 0.6) is 11.5 Å². The molecular formula is C20H22BrNO4S2. The number of amides is 1. The molecule has 1 atom stereocenters. The van der Waals surface area contributed by atoms with Crippen molar-refractivity contribution in [1.82, 2.24) is 4.90 Å². The molecule has 28 heavy (non-hydrogen) atoms. The van der Waals surface area contributed by atoms with Crippen molar-refractivity contribution in [2.45, 2.75) is 25.9 Å². The van der Waals surface area contributed by atoms with Crippen molar-refractivity contribution < 1.29 is 19.0 Å². The van der Waals surface area contributed by atoms with Gasteiger partial charge < -0.3 is 14.2 Å². The van der Waals surface area contributed by atoms with Crippen molar-refractivity contribution in [2.75, 3.05) is 26.4 Å². The van der Waals surface area contributed by atoms with Crippen LogP contribution in [-0.4, -0.2) is 47.6 Å². The first kappa shape index (κ1) is 21.4. The Labute approximate surface area is 183 Å². The van der Waals surface area contributed by atoms with Crippen LogP contribution in [0.15, 0.2) is 34.2 Å². The summed E-state index contributed by atoms with van der Waals surface area (Å²) < 4.78 is 18.4. The zero-order valence-corrected chi connectivity index (χ0v) is 18.8. The Kier molecular flexibility index (Phi) is 7.56. The fourth-order valence-electron chi connectivity index (χ4n) is 3.02. The Morgan fingerprint density at radius 2 is 2.29 bits per heavy atom. The van der Waals surface area contributed by atoms with Gasteiger partial charge in [-0.05, 0) is 59.5 Å². The summed E-state index contributed by atoms with van der Waals surface area (Å²) in [5.41, 5.74) is 0.832. The molecule has 0 bridgehead atoms. The van der Waals surface area contributed by atoms with Crippen molar-refractivity contribution in [3.05, 3.63) is 39.7 Å². The van der Waals surface area contributed by atoms with E-state index >= 15 is 0 Å². The molecule has 2 fully saturated rings. The van der Waals surface area contributed by atoms with Gasteiger partial charge in [-0.3, -0.25) is 9.69 Å². The third kappa shape index (κ3) is 4.97. The summed E-state index contributed by atoms with van der Waals surface area (Å²) in [4.78, 5) is 15.1. The Hall–Kier alpha value is -1.35. The number of rotatable bonds is 8. The number of carbonyl (C=O) groups is 1. The van der Waals surface area contributed by atoms with E-state index < -0.39 is 0 Å². The van der Waals surface area contributed by atoms with Gasteiger partial charge in [-0.1, -0.05) is 36.6 Å². The molecule has 2 aliphatic rings. The quantitative estimate of drug-likeness (QED) is 0.300. The number of carbonyl (C=O) groups excluding carboxylic acids is 1. The molecule has 0 spiro atoms. The third-order valence-corrected chi connectivity index (χ3v) is 6.23. The second-order valence-corrected chi connectivity index (χ2v) is 8.82. The van der Waals surface area contributed by atoms with Gasteiger partial charge in [0.05, 0.1) is 28.6 Å². The van der Waals surface area contributed by atoms with E-state index in [1.807, 2.05) is 25.1 Å². The number of hydrogen-bond donors (Lipinski definition) is 0. The molecule has 8 heteroatoms. The molecule has 0 N–H and O–H groups in total. The van der Waals surface area contributed by atoms with Crippen molar-refractivity contribution in [1.29, 1.82) is 0 Å². The van der Waals surface area contributed by atoms with Gasteiger partial charge in [-0.15, -0.1) is 0 Å². The molecule has 1 aromatic carbocycles. The predicted octanol–water partition coefficient (Wildman–Crippen LogP) is 4.79. The lowest BCUT2D eigenvalue weighted by molar-refractivity contribution is -0.123. The minimum atomic E-state index is -0.0773. The maximum atomic E-state index is 12.8. The second-order valence-electron chi connectivity index (χ2n) is 6.29. The number of benzene rings is 1. The van der Waals surface area contributed by atoms with Crippen LogP contribution in [0.25, 0.3) is 6.08 Å². The lowest BCUT2D eigenvalue weighted by atomic mass is 10.1. The molecule has 2 heterocycles. The summed E-state index contributed by atoms with van der Waals surface area (Å²) in [6, 6.07) is 3.76. The lowest BCUT2D eigenvalue weighted by Gasteiger charge is -2.18. The highest BCUT2D eigenvalue weighted by molar-refractivity contribution is 9.10. The largest absolute Gasteiger partial charge is 0.490 e. The third-order valence-electron chi connectivity index (χ3n) is 4.26. The van der Waals surface area contributed by atoms with E-state index in [1.165, 1.54) is 11.8 Å². The van der Waals surface area contributed by atoms with E-state index in [0.29, 0.717) is 40.5 Å². The standard InChI is InChI=1S/C20H22BrNO4S2/c1-3-7-26-18-15(21)9-13(10-16(18)24-4-2)11-17-19(23)22(20(27)28-17)12-14-6-5-8-25-14/h3,9-11,14H,1,4-8,12H2,2H3/b17-11-/t14-/m0/s1. The van der Waals surface area contributed by atoms with E-state index in [0.717, 1.165) is 29.5 Å². The van der Waals surface area contributed by atoms with E-state index in [-0.39, 0.29) is 12.0 Å². The highest BCUT2D eigenvalue weighted by Gasteiger charge is 2.34. The molecule has 0 saturated carbocycles. The van der Waals surface area contributed by atoms with Crippen molar-refractivity contribution >= 4 is 56.2 Å². The minimum Gasteiger partial charge on any atom is -0.490 e. The summed E-state index contributed by atoms with van der Waals surface area (Å²) >= 11 is 10.3. The zero-order valence-electron chi connectivity index (χ0n) is 15.6. The second kappa shape index (κ2) is 9.91. The highest BCUT2D eigenvalue weighted by atomic mass is 79.9. The number of thioether (sulfide) groups is 1. The molecule has 2 aliphatic heterocycles. The molecule has 1 amide bonds. The zero-order chi connectivity index (χ0) is 20.1. The Morgan fingerprint density at radius 1 is 1.46 bits per heavy atom. The fraction of sp³-hybridized carbons (Fsp3) is 0.400. The predicted molar refractivity (Wildman–Crippen MR) is 120 cm³/mol. The van der Waals surface area contributed by atoms with Crippen molar-refractivity contribution in [3.8, 4) is 11.5 Å². The van der Waals surface area contributed by atoms with Crippen LogP contribution in [0.4, 0.5) is 0 Å². The van der Waals surface area contributed by atoms with Crippen LogP contribution in [0, 0.1) is 0 Å². The summed E-state index contributed by atoms with van der Waals surface area (Å²) in [7, 11) is 0. The molecule has 0 aromatic heterocycles. The molecule has 0 unspecified atom stereocenters. The van der Waals surface area contributed by atoms with Crippen molar-refractivity contribution in [3.63, 3.8) is 0 Å². The maximum absolute atomic E-state index is 12.8.